The van der Waals surface area contributed by atoms with E-state index in [9.17, 15) is 0 Å². The fraction of sp³-hybridized carbons (Fsp3) is 0.923. The summed E-state index contributed by atoms with van der Waals surface area (Å²) >= 11 is 0. The van der Waals surface area contributed by atoms with E-state index in [0.717, 1.165) is 19.6 Å². The summed E-state index contributed by atoms with van der Waals surface area (Å²) in [5.74, 6) is 0. The zero-order valence-corrected chi connectivity index (χ0v) is 10.3. The topological polar surface area (TPSA) is 53.1 Å². The fourth-order valence-electron chi connectivity index (χ4n) is 3.31. The first-order chi connectivity index (χ1) is 7.55. The quantitative estimate of drug-likeness (QED) is 0.774. The summed E-state index contributed by atoms with van der Waals surface area (Å²) in [7, 11) is 0. The number of likely N-dealkylation sites (tertiary alicyclic amines) is 1. The summed E-state index contributed by atoms with van der Waals surface area (Å²) in [6, 6.07) is 2.19. The van der Waals surface area contributed by atoms with Crippen molar-refractivity contribution in [3.8, 4) is 6.07 Å². The second-order valence-corrected chi connectivity index (χ2v) is 6.01. The molecule has 2 N–H and O–H groups in total. The Balaban J connectivity index is 1.84. The van der Waals surface area contributed by atoms with Crippen LogP contribution in [0.1, 0.15) is 45.4 Å². The summed E-state index contributed by atoms with van der Waals surface area (Å²) in [6.07, 6.45) is 8.33. The number of nitrogens with zero attached hydrogens (tertiary/aromatic N) is 2. The molecule has 1 aliphatic carbocycles. The highest BCUT2D eigenvalue weighted by atomic mass is 15.2. The fourth-order valence-corrected chi connectivity index (χ4v) is 3.31. The first-order valence-corrected chi connectivity index (χ1v) is 6.48. The van der Waals surface area contributed by atoms with Gasteiger partial charge in [-0.15, -0.1) is 0 Å². The van der Waals surface area contributed by atoms with Crippen molar-refractivity contribution in [2.45, 2.75) is 51.0 Å². The minimum absolute atomic E-state index is 0.661. The Labute approximate surface area is 98.6 Å². The maximum atomic E-state index is 8.93. The van der Waals surface area contributed by atoms with Crippen molar-refractivity contribution >= 4 is 0 Å². The molecule has 0 radical (unpaired) electrons. The third kappa shape index (κ3) is 2.56. The highest BCUT2D eigenvalue weighted by Gasteiger charge is 2.37. The van der Waals surface area contributed by atoms with Crippen molar-refractivity contribution in [2.75, 3.05) is 19.6 Å². The van der Waals surface area contributed by atoms with Crippen molar-refractivity contribution in [3.63, 3.8) is 0 Å². The summed E-state index contributed by atoms with van der Waals surface area (Å²) in [6.45, 7) is 4.81. The lowest BCUT2D eigenvalue weighted by Crippen LogP contribution is -2.50. The van der Waals surface area contributed by atoms with Crippen LogP contribution in [-0.2, 0) is 0 Å². The number of nitrogens with two attached hydrogens (primary N) is 1. The van der Waals surface area contributed by atoms with Crippen LogP contribution in [0.3, 0.4) is 0 Å². The van der Waals surface area contributed by atoms with Crippen LogP contribution in [0.2, 0.25) is 0 Å². The summed E-state index contributed by atoms with van der Waals surface area (Å²) in [5.41, 5.74) is 5.87. The molecular weight excluding hydrogens is 198 g/mol. The molecule has 1 saturated heterocycles. The van der Waals surface area contributed by atoms with E-state index in [1.807, 2.05) is 6.92 Å². The van der Waals surface area contributed by atoms with Crippen LogP contribution >= 0.6 is 0 Å². The molecule has 3 nitrogen and oxygen atoms in total. The predicted octanol–water partition coefficient (Wildman–Crippen LogP) is 1.88. The Morgan fingerprint density at radius 3 is 2.31 bits per heavy atom. The van der Waals surface area contributed by atoms with E-state index in [2.05, 4.69) is 11.0 Å². The maximum Gasteiger partial charge on any atom is 0.114 e. The Hall–Kier alpha value is -0.590. The van der Waals surface area contributed by atoms with E-state index in [-0.39, 0.29) is 0 Å². The molecule has 0 amide bonds. The highest BCUT2D eigenvalue weighted by Crippen LogP contribution is 2.46. The van der Waals surface area contributed by atoms with Crippen LogP contribution in [0.4, 0.5) is 0 Å². The average molecular weight is 221 g/mol. The van der Waals surface area contributed by atoms with Crippen LogP contribution in [0, 0.1) is 16.7 Å². The molecule has 0 bridgehead atoms. The molecule has 0 aromatic carbocycles. The van der Waals surface area contributed by atoms with Crippen molar-refractivity contribution in [1.82, 2.24) is 4.90 Å². The normalized spacial score (nSPS) is 28.8. The molecule has 0 aromatic rings. The molecule has 0 aromatic heterocycles. The molecule has 3 heteroatoms. The molecule has 1 heterocycles. The molecule has 16 heavy (non-hydrogen) atoms. The van der Waals surface area contributed by atoms with E-state index >= 15 is 0 Å². The second kappa shape index (κ2) is 4.35. The van der Waals surface area contributed by atoms with Crippen molar-refractivity contribution in [1.29, 1.82) is 5.26 Å². The highest BCUT2D eigenvalue weighted by molar-refractivity contribution is 5.04. The van der Waals surface area contributed by atoms with Gasteiger partial charge in [-0.05, 0) is 51.1 Å². The van der Waals surface area contributed by atoms with E-state index < -0.39 is 5.54 Å². The van der Waals surface area contributed by atoms with Gasteiger partial charge in [-0.3, -0.25) is 0 Å². The van der Waals surface area contributed by atoms with Crippen molar-refractivity contribution < 1.29 is 0 Å². The third-order valence-electron chi connectivity index (χ3n) is 4.39. The molecular formula is C13H23N3. The number of hydrogen-bond acceptors (Lipinski definition) is 3. The largest absolute Gasteiger partial charge is 0.313 e. The van der Waals surface area contributed by atoms with Gasteiger partial charge in [-0.25, -0.2) is 0 Å². The van der Waals surface area contributed by atoms with Gasteiger partial charge in [0.25, 0.3) is 0 Å². The minimum atomic E-state index is -0.680. The van der Waals surface area contributed by atoms with Crippen molar-refractivity contribution in [3.05, 3.63) is 0 Å². The van der Waals surface area contributed by atoms with Crippen LogP contribution in [0.15, 0.2) is 0 Å². The molecule has 2 fully saturated rings. The number of piperidine rings is 1. The molecule has 1 spiro atoms. The van der Waals surface area contributed by atoms with Gasteiger partial charge in [0, 0.05) is 6.54 Å². The van der Waals surface area contributed by atoms with Gasteiger partial charge in [-0.2, -0.15) is 5.26 Å². The maximum absolute atomic E-state index is 8.93. The van der Waals surface area contributed by atoms with Crippen LogP contribution < -0.4 is 5.73 Å². The second-order valence-electron chi connectivity index (χ2n) is 6.01. The molecule has 2 aliphatic rings. The zero-order valence-electron chi connectivity index (χ0n) is 10.3. The van der Waals surface area contributed by atoms with E-state index in [1.165, 1.54) is 38.5 Å². The predicted molar refractivity (Wildman–Crippen MR) is 64.8 cm³/mol. The van der Waals surface area contributed by atoms with Gasteiger partial charge in [0.1, 0.15) is 5.54 Å². The summed E-state index contributed by atoms with van der Waals surface area (Å²) < 4.78 is 0. The summed E-state index contributed by atoms with van der Waals surface area (Å²) in [5, 5.41) is 8.93. The lowest BCUT2D eigenvalue weighted by atomic mass is 9.77. The van der Waals surface area contributed by atoms with Gasteiger partial charge >= 0.3 is 0 Å². The lowest BCUT2D eigenvalue weighted by molar-refractivity contribution is 0.0990. The number of hydrogen-bond donors (Lipinski definition) is 1. The van der Waals surface area contributed by atoms with Crippen LogP contribution in [0.5, 0.6) is 0 Å². The Kier molecular flexibility index (Phi) is 3.23. The zero-order chi connectivity index (χ0) is 11.6. The van der Waals surface area contributed by atoms with Gasteiger partial charge in [0.15, 0.2) is 0 Å². The van der Waals surface area contributed by atoms with Gasteiger partial charge in [0.05, 0.1) is 6.07 Å². The molecule has 1 aliphatic heterocycles. The first kappa shape index (κ1) is 11.9. The monoisotopic (exact) mass is 221 g/mol. The standard InChI is InChI=1S/C13H23N3/c1-12(15,10-14)11-16-8-6-13(7-9-16)4-2-3-5-13/h2-9,11,15H2,1H3. The Morgan fingerprint density at radius 2 is 1.81 bits per heavy atom. The van der Waals surface area contributed by atoms with Gasteiger partial charge < -0.3 is 10.6 Å². The molecule has 1 saturated carbocycles. The number of rotatable bonds is 2. The molecule has 90 valence electrons. The van der Waals surface area contributed by atoms with E-state index in [4.69, 9.17) is 11.0 Å². The number of nitriles is 1. The third-order valence-corrected chi connectivity index (χ3v) is 4.39. The van der Waals surface area contributed by atoms with Crippen LogP contribution in [-0.4, -0.2) is 30.1 Å². The van der Waals surface area contributed by atoms with Crippen molar-refractivity contribution in [2.24, 2.45) is 11.1 Å². The molecule has 1 unspecified atom stereocenters. The first-order valence-electron chi connectivity index (χ1n) is 6.48. The minimum Gasteiger partial charge on any atom is -0.313 e. The molecule has 2 rings (SSSR count). The Morgan fingerprint density at radius 1 is 1.25 bits per heavy atom. The summed E-state index contributed by atoms with van der Waals surface area (Å²) in [4.78, 5) is 2.37. The smallest absolute Gasteiger partial charge is 0.114 e. The van der Waals surface area contributed by atoms with E-state index in [0.29, 0.717) is 5.41 Å². The lowest BCUT2D eigenvalue weighted by Gasteiger charge is -2.40. The molecule has 1 atom stereocenters. The van der Waals surface area contributed by atoms with Crippen LogP contribution in [0.25, 0.3) is 0 Å². The van der Waals surface area contributed by atoms with Gasteiger partial charge in [0.2, 0.25) is 0 Å². The SMILES string of the molecule is CC(N)(C#N)CN1CCC2(CCCC2)CC1. The average Bonchev–Trinajstić information content (AvgIpc) is 2.71. The Bertz CT molecular complexity index is 274. The van der Waals surface area contributed by atoms with E-state index in [1.54, 1.807) is 0 Å². The van der Waals surface area contributed by atoms with Gasteiger partial charge in [-0.1, -0.05) is 12.8 Å².